The molecule has 3 saturated heterocycles. The maximum Gasteiger partial charge on any atom is 0.324 e. The maximum absolute atomic E-state index is 14.7. The van der Waals surface area contributed by atoms with Crippen molar-refractivity contribution in [2.24, 2.45) is 17.3 Å². The number of amides is 4. The van der Waals surface area contributed by atoms with Gasteiger partial charge in [-0.2, -0.15) is 54.0 Å². The number of nitrogens with zero attached hydrogens (tertiary/aromatic N) is 5. The van der Waals surface area contributed by atoms with Gasteiger partial charge in [-0.15, -0.1) is 0 Å². The third-order valence-electron chi connectivity index (χ3n) is 14.9. The van der Waals surface area contributed by atoms with Crippen LogP contribution in [0.1, 0.15) is 89.3 Å². The summed E-state index contributed by atoms with van der Waals surface area (Å²) in [5.74, 6) is -2.22. The first-order valence-corrected chi connectivity index (χ1v) is 24.9. The molecule has 73 heavy (non-hydrogen) atoms. The predicted octanol–water partition coefficient (Wildman–Crippen LogP) is 7.13. The molecule has 0 unspecified atom stereocenters. The van der Waals surface area contributed by atoms with Crippen molar-refractivity contribution >= 4 is 94.5 Å². The lowest BCUT2D eigenvalue weighted by Crippen LogP contribution is -2.62. The number of phenols is 1. The number of nitrogens with one attached hydrogen (secondary N) is 2. The van der Waals surface area contributed by atoms with E-state index < -0.39 is 47.2 Å². The van der Waals surface area contributed by atoms with Gasteiger partial charge < -0.3 is 34.4 Å². The highest BCUT2D eigenvalue weighted by molar-refractivity contribution is 7.59. The van der Waals surface area contributed by atoms with Gasteiger partial charge in [-0.05, 0) is 141 Å². The Kier molecular flexibility index (Phi) is 21.5. The molecule has 0 saturated carbocycles. The van der Waals surface area contributed by atoms with Gasteiger partial charge in [0.2, 0.25) is 17.7 Å². The topological polar surface area (TPSA) is 157 Å². The van der Waals surface area contributed by atoms with E-state index in [0.717, 1.165) is 71.3 Å². The molecule has 4 aromatic rings. The Morgan fingerprint density at radius 1 is 0.918 bits per heavy atom. The molecule has 4 amide bonds. The number of hydrazine groups is 1. The van der Waals surface area contributed by atoms with Crippen molar-refractivity contribution in [3.63, 3.8) is 0 Å². The van der Waals surface area contributed by atoms with Crippen molar-refractivity contribution in [3.8, 4) is 28.1 Å². The zero-order valence-corrected chi connectivity index (χ0v) is 47.6. The van der Waals surface area contributed by atoms with Crippen molar-refractivity contribution in [1.29, 1.82) is 0 Å². The van der Waals surface area contributed by atoms with Gasteiger partial charge in [0, 0.05) is 56.0 Å². The number of piperidine rings is 1. The van der Waals surface area contributed by atoms with Crippen molar-refractivity contribution in [1.82, 2.24) is 35.0 Å². The highest BCUT2D eigenvalue weighted by Crippen LogP contribution is 2.41. The molecule has 18 heteroatoms. The van der Waals surface area contributed by atoms with Crippen LogP contribution in [0.15, 0.2) is 73.3 Å². The van der Waals surface area contributed by atoms with E-state index in [1.54, 1.807) is 24.1 Å². The Balaban J connectivity index is 0.00000289. The number of benzene rings is 3. The lowest BCUT2D eigenvalue weighted by Gasteiger charge is -2.37. The summed E-state index contributed by atoms with van der Waals surface area (Å²) in [6.45, 7) is 17.7. The summed E-state index contributed by atoms with van der Waals surface area (Å²) in [6.07, 6.45) is 5.58. The van der Waals surface area contributed by atoms with Crippen LogP contribution in [-0.2, 0) is 48.1 Å². The predicted molar refractivity (Wildman–Crippen MR) is 309 cm³/mol. The number of carbonyl (C=O) groups is 5. The normalized spacial score (nSPS) is 20.8. The molecule has 0 spiro atoms. The number of phenolic OH excluding ortho intramolecular Hbond substituents is 1. The summed E-state index contributed by atoms with van der Waals surface area (Å²) < 4.78 is 8.52. The minimum atomic E-state index is -1.15. The second-order valence-corrected chi connectivity index (χ2v) is 21.0. The first-order valence-electron chi connectivity index (χ1n) is 24.9. The number of hydrogen-bond acceptors (Lipinski definition) is 9. The van der Waals surface area contributed by atoms with Gasteiger partial charge >= 0.3 is 5.97 Å². The molecule has 14 nitrogen and oxygen atoms in total. The number of likely N-dealkylation sites (tertiary alicyclic amines) is 2. The first kappa shape index (κ1) is 61.0. The van der Waals surface area contributed by atoms with Gasteiger partial charge in [0.25, 0.3) is 5.91 Å². The molecule has 8 rings (SSSR count). The minimum Gasteiger partial charge on any atom is -0.508 e. The molecular weight excluding hydrogens is 999 g/mol. The Hall–Kier alpha value is -4.59. The Morgan fingerprint density at radius 3 is 2.26 bits per heavy atom. The summed E-state index contributed by atoms with van der Waals surface area (Å²) in [4.78, 5) is 74.9. The van der Waals surface area contributed by atoms with E-state index in [2.05, 4.69) is 97.1 Å². The molecule has 4 atom stereocenters. The molecule has 1 aromatic heterocycles. The van der Waals surface area contributed by atoms with Crippen LogP contribution in [0.3, 0.4) is 0 Å². The van der Waals surface area contributed by atoms with E-state index in [0.29, 0.717) is 50.3 Å². The number of hydrogen-bond donors (Lipinski definition) is 3. The maximum atomic E-state index is 14.7. The fraction of sp³-hybridized carbons (Fsp3) is 0.509. The number of ether oxygens (including phenoxy) is 1. The van der Waals surface area contributed by atoms with Crippen LogP contribution < -0.4 is 10.7 Å². The second kappa shape index (κ2) is 25.8. The Bertz CT molecular complexity index is 2620. The Morgan fingerprint density at radius 2 is 1.60 bits per heavy atom. The molecule has 3 fully saturated rings. The standard InChI is InChI=1S/C55H71N7O7.4H2S/c1-9-48(64)60-25-21-40(32-60)52(66)59(8)49(34(3)4)51(65)56-46-28-35-26-41(29-42(63)27-35)39-17-18-47-43(30-39)44(31-55(5,6)33-69-54(68)45-12-11-22-62(57-45)53(46)67)50(61(47)10-2)38-15-13-36(14-16-38)37-19-23-58(7)24-20-37;;;;/h9,13-18,26-27,29-30,34,37,40,45-46,49,57,63H,1,10-12,19-25,28,31-33H2,2-8H3,(H,56,65);4*1H2/t40-,45-,46-,49-;;;;/m0..../s1. The minimum absolute atomic E-state index is 0. The Labute approximate surface area is 459 Å². The number of rotatable bonds is 9. The third-order valence-corrected chi connectivity index (χ3v) is 14.9. The fourth-order valence-corrected chi connectivity index (χ4v) is 11.2. The SMILES string of the molecule is C=CC(=O)N1CC[C@H](C(=O)N(C)[C@H](C(=O)N[C@H]2Cc3cc(O)cc(c3)-c3ccc4c(c3)c(c(-c3ccc(C5CCN(C)CC5)cc3)n4CC)CC(C)(C)COC(=O)[C@@H]3CCCN(N3)C2=O)C(C)C)C1.S.S.S.S. The van der Waals surface area contributed by atoms with Gasteiger partial charge in [0.1, 0.15) is 23.9 Å². The lowest BCUT2D eigenvalue weighted by molar-refractivity contribution is -0.155. The van der Waals surface area contributed by atoms with Crippen molar-refractivity contribution in [3.05, 3.63) is 90.0 Å². The summed E-state index contributed by atoms with van der Waals surface area (Å²) >= 11 is 0. The molecule has 0 aliphatic carbocycles. The van der Waals surface area contributed by atoms with Gasteiger partial charge in [0.05, 0.1) is 18.2 Å². The monoisotopic (exact) mass is 1080 g/mol. The number of aromatic nitrogens is 1. The molecule has 6 bridgehead atoms. The highest BCUT2D eigenvalue weighted by atomic mass is 32.1. The number of esters is 1. The van der Waals surface area contributed by atoms with Crippen LogP contribution in [-0.4, -0.2) is 131 Å². The van der Waals surface area contributed by atoms with E-state index in [4.69, 9.17) is 4.74 Å². The van der Waals surface area contributed by atoms with E-state index in [1.807, 2.05) is 19.9 Å². The molecule has 400 valence electrons. The summed E-state index contributed by atoms with van der Waals surface area (Å²) in [5, 5.41) is 16.8. The summed E-state index contributed by atoms with van der Waals surface area (Å²) in [7, 11) is 3.78. The van der Waals surface area contributed by atoms with Crippen LogP contribution >= 0.6 is 54.0 Å². The number of likely N-dealkylation sites (N-methyl/N-ethyl adjacent to an activating group) is 1. The van der Waals surface area contributed by atoms with E-state index in [1.165, 1.54) is 21.5 Å². The van der Waals surface area contributed by atoms with E-state index in [9.17, 15) is 29.1 Å². The molecule has 5 heterocycles. The van der Waals surface area contributed by atoms with Gasteiger partial charge in [-0.25, -0.2) is 5.43 Å². The smallest absolute Gasteiger partial charge is 0.324 e. The molecule has 4 aliphatic rings. The quantitative estimate of drug-likeness (QED) is 0.117. The number of aryl methyl sites for hydroxylation is 1. The van der Waals surface area contributed by atoms with Crippen LogP contribution in [0, 0.1) is 17.3 Å². The second-order valence-electron chi connectivity index (χ2n) is 21.0. The van der Waals surface area contributed by atoms with Gasteiger partial charge in [-0.1, -0.05) is 70.7 Å². The summed E-state index contributed by atoms with van der Waals surface area (Å²) in [6, 6.07) is 17.9. The summed E-state index contributed by atoms with van der Waals surface area (Å²) in [5.41, 5.74) is 10.7. The van der Waals surface area contributed by atoms with Crippen molar-refractivity contribution < 1.29 is 33.8 Å². The van der Waals surface area contributed by atoms with Crippen LogP contribution in [0.4, 0.5) is 0 Å². The number of fused-ring (bicyclic) bond motifs is 6. The van der Waals surface area contributed by atoms with Gasteiger partial charge in [0.15, 0.2) is 0 Å². The average Bonchev–Trinajstić information content (AvgIpc) is 3.95. The zero-order chi connectivity index (χ0) is 49.3. The molecule has 3 aromatic carbocycles. The molecular formula is C55H79N7O7S4. The fourth-order valence-electron chi connectivity index (χ4n) is 11.2. The molecule has 4 aliphatic heterocycles. The number of aromatic hydroxyl groups is 1. The van der Waals surface area contributed by atoms with E-state index in [-0.39, 0.29) is 97.0 Å². The first-order chi connectivity index (χ1) is 32.9. The van der Waals surface area contributed by atoms with Crippen molar-refractivity contribution in [2.45, 2.75) is 110 Å². The zero-order valence-electron chi connectivity index (χ0n) is 43.6. The third kappa shape index (κ3) is 13.5. The van der Waals surface area contributed by atoms with Crippen LogP contribution in [0.2, 0.25) is 0 Å². The average molecular weight is 1080 g/mol. The van der Waals surface area contributed by atoms with Gasteiger partial charge in [-0.3, -0.25) is 29.0 Å². The van der Waals surface area contributed by atoms with Crippen LogP contribution in [0.5, 0.6) is 5.75 Å². The molecule has 0 radical (unpaired) electrons. The van der Waals surface area contributed by atoms with Crippen LogP contribution in [0.25, 0.3) is 33.3 Å². The lowest BCUT2D eigenvalue weighted by atomic mass is 9.84. The largest absolute Gasteiger partial charge is 0.508 e. The highest BCUT2D eigenvalue weighted by Gasteiger charge is 2.40. The van der Waals surface area contributed by atoms with Crippen molar-refractivity contribution in [2.75, 3.05) is 53.4 Å². The number of carbonyl (C=O) groups excluding carboxylic acids is 5. The van der Waals surface area contributed by atoms with E-state index >= 15 is 0 Å². The number of cyclic esters (lactones) is 1. The molecule has 3 N–H and O–H groups in total.